The number of amides is 1. The monoisotopic (exact) mass is 492 g/mol. The third kappa shape index (κ3) is 5.13. The van der Waals surface area contributed by atoms with Crippen LogP contribution in [0.1, 0.15) is 54.6 Å². The van der Waals surface area contributed by atoms with Gasteiger partial charge in [0.05, 0.1) is 22.1 Å². The summed E-state index contributed by atoms with van der Waals surface area (Å²) in [6, 6.07) is 8.13. The van der Waals surface area contributed by atoms with E-state index in [-0.39, 0.29) is 28.1 Å². The van der Waals surface area contributed by atoms with Crippen LogP contribution in [-0.2, 0) is 23.0 Å². The van der Waals surface area contributed by atoms with Gasteiger partial charge in [-0.25, -0.2) is 8.42 Å². The maximum absolute atomic E-state index is 13.0. The first-order chi connectivity index (χ1) is 15.8. The molecule has 0 aliphatic carbocycles. The summed E-state index contributed by atoms with van der Waals surface area (Å²) in [5.41, 5.74) is 1.99. The van der Waals surface area contributed by atoms with E-state index in [0.29, 0.717) is 25.4 Å². The molecule has 2 heterocycles. The Labute approximate surface area is 200 Å². The van der Waals surface area contributed by atoms with Crippen LogP contribution in [0.5, 0.6) is 11.5 Å². The molecule has 33 heavy (non-hydrogen) atoms. The second-order valence-corrected chi connectivity index (χ2v) is 10.8. The van der Waals surface area contributed by atoms with Gasteiger partial charge >= 0.3 is 0 Å². The van der Waals surface area contributed by atoms with Gasteiger partial charge in [0.2, 0.25) is 10.0 Å². The summed E-state index contributed by atoms with van der Waals surface area (Å²) in [6.45, 7) is 5.59. The molecular formula is C24H29ClN2O5S. The van der Waals surface area contributed by atoms with Crippen molar-refractivity contribution in [3.8, 4) is 11.5 Å². The van der Waals surface area contributed by atoms with Gasteiger partial charge in [-0.1, -0.05) is 18.0 Å². The lowest BCUT2D eigenvalue weighted by atomic mass is 10.1. The molecule has 7 nitrogen and oxygen atoms in total. The predicted octanol–water partition coefficient (Wildman–Crippen LogP) is 4.17. The fourth-order valence-electron chi connectivity index (χ4n) is 4.27. The summed E-state index contributed by atoms with van der Waals surface area (Å²) in [5.74, 6) is 1.04. The van der Waals surface area contributed by atoms with Gasteiger partial charge in [0.1, 0.15) is 17.6 Å². The third-order valence-corrected chi connectivity index (χ3v) is 8.18. The Morgan fingerprint density at radius 2 is 1.97 bits per heavy atom. The summed E-state index contributed by atoms with van der Waals surface area (Å²) in [5, 5.41) is 3.04. The Bertz CT molecular complexity index is 1150. The van der Waals surface area contributed by atoms with E-state index in [9.17, 15) is 13.2 Å². The molecule has 2 aromatic carbocycles. The molecule has 0 saturated carbocycles. The Balaban J connectivity index is 1.54. The zero-order valence-electron chi connectivity index (χ0n) is 18.9. The van der Waals surface area contributed by atoms with Crippen LogP contribution in [0.25, 0.3) is 0 Å². The molecule has 178 valence electrons. The standard InChI is InChI=1S/C24H29ClN2O5S/c1-3-31-22-12-17-11-16(2)32-23(17)13-18(22)15-26-24(28)20-14-19(7-8-21(20)25)33(29,30)27-9-5-4-6-10-27/h7-8,12-14,16H,3-6,9-11,15H2,1-2H3,(H,26,28)/t16-/m1/s1. The number of rotatable bonds is 7. The number of nitrogens with one attached hydrogen (secondary N) is 1. The summed E-state index contributed by atoms with van der Waals surface area (Å²) in [7, 11) is -3.67. The van der Waals surface area contributed by atoms with Gasteiger partial charge in [-0.3, -0.25) is 4.79 Å². The topological polar surface area (TPSA) is 84.9 Å². The summed E-state index contributed by atoms with van der Waals surface area (Å²) < 4.78 is 39.1. The van der Waals surface area contributed by atoms with E-state index in [0.717, 1.165) is 42.6 Å². The Morgan fingerprint density at radius 1 is 1.21 bits per heavy atom. The Kier molecular flexibility index (Phi) is 7.16. The van der Waals surface area contributed by atoms with Gasteiger partial charge in [-0.15, -0.1) is 0 Å². The second kappa shape index (κ2) is 9.91. The average molecular weight is 493 g/mol. The van der Waals surface area contributed by atoms with Crippen molar-refractivity contribution in [2.24, 2.45) is 0 Å². The van der Waals surface area contributed by atoms with E-state index in [2.05, 4.69) is 5.32 Å². The molecule has 0 unspecified atom stereocenters. The number of fused-ring (bicyclic) bond motifs is 1. The molecule has 1 atom stereocenters. The van der Waals surface area contributed by atoms with Gasteiger partial charge in [0.15, 0.2) is 0 Å². The van der Waals surface area contributed by atoms with Crippen molar-refractivity contribution in [2.45, 2.75) is 57.1 Å². The Morgan fingerprint density at radius 3 is 2.70 bits per heavy atom. The van der Waals surface area contributed by atoms with E-state index in [1.807, 2.05) is 26.0 Å². The van der Waals surface area contributed by atoms with Gasteiger partial charge < -0.3 is 14.8 Å². The molecule has 9 heteroatoms. The highest BCUT2D eigenvalue weighted by atomic mass is 35.5. The SMILES string of the molecule is CCOc1cc2c(cc1CNC(=O)c1cc(S(=O)(=O)N3CCCCC3)ccc1Cl)O[C@H](C)C2. The Hall–Kier alpha value is -2.29. The number of ether oxygens (including phenoxy) is 2. The maximum Gasteiger partial charge on any atom is 0.253 e. The predicted molar refractivity (Wildman–Crippen MR) is 127 cm³/mol. The van der Waals surface area contributed by atoms with E-state index in [1.54, 1.807) is 0 Å². The minimum atomic E-state index is -3.67. The molecule has 2 aliphatic rings. The highest BCUT2D eigenvalue weighted by Gasteiger charge is 2.27. The molecule has 2 aromatic rings. The quantitative estimate of drug-likeness (QED) is 0.627. The van der Waals surface area contributed by atoms with Gasteiger partial charge in [-0.05, 0) is 57.0 Å². The lowest BCUT2D eigenvalue weighted by Gasteiger charge is -2.26. The number of carbonyl (C=O) groups is 1. The number of carbonyl (C=O) groups excluding carboxylic acids is 1. The fraction of sp³-hybridized carbons (Fsp3) is 0.458. The first kappa shape index (κ1) is 23.9. The van der Waals surface area contributed by atoms with Crippen LogP contribution >= 0.6 is 11.6 Å². The lowest BCUT2D eigenvalue weighted by molar-refractivity contribution is 0.0950. The minimum absolute atomic E-state index is 0.0777. The van der Waals surface area contributed by atoms with Crippen LogP contribution in [0, 0.1) is 0 Å². The minimum Gasteiger partial charge on any atom is -0.494 e. The van der Waals surface area contributed by atoms with E-state index < -0.39 is 15.9 Å². The number of hydrogen-bond acceptors (Lipinski definition) is 5. The van der Waals surface area contributed by atoms with Crippen LogP contribution in [-0.4, -0.2) is 44.4 Å². The van der Waals surface area contributed by atoms with Crippen molar-refractivity contribution in [3.63, 3.8) is 0 Å². The molecular weight excluding hydrogens is 464 g/mol. The second-order valence-electron chi connectivity index (χ2n) is 8.42. The van der Waals surface area contributed by atoms with E-state index in [4.69, 9.17) is 21.1 Å². The van der Waals surface area contributed by atoms with Crippen molar-refractivity contribution < 1.29 is 22.7 Å². The van der Waals surface area contributed by atoms with Crippen LogP contribution < -0.4 is 14.8 Å². The number of sulfonamides is 1. The van der Waals surface area contributed by atoms with Crippen molar-refractivity contribution in [1.29, 1.82) is 0 Å². The smallest absolute Gasteiger partial charge is 0.253 e. The lowest BCUT2D eigenvalue weighted by Crippen LogP contribution is -2.35. The van der Waals surface area contributed by atoms with E-state index >= 15 is 0 Å². The van der Waals surface area contributed by atoms with Crippen molar-refractivity contribution in [1.82, 2.24) is 9.62 Å². The normalized spacial score (nSPS) is 18.5. The zero-order chi connectivity index (χ0) is 23.6. The molecule has 2 aliphatic heterocycles. The molecule has 0 bridgehead atoms. The maximum atomic E-state index is 13.0. The summed E-state index contributed by atoms with van der Waals surface area (Å²) in [4.78, 5) is 13.1. The van der Waals surface area contributed by atoms with Gasteiger partial charge in [0.25, 0.3) is 5.91 Å². The third-order valence-electron chi connectivity index (χ3n) is 5.95. The van der Waals surface area contributed by atoms with Gasteiger partial charge in [0, 0.05) is 37.2 Å². The fourth-order valence-corrected chi connectivity index (χ4v) is 6.02. The number of hydrogen-bond donors (Lipinski definition) is 1. The molecule has 1 N–H and O–H groups in total. The molecule has 0 radical (unpaired) electrons. The first-order valence-electron chi connectivity index (χ1n) is 11.3. The average Bonchev–Trinajstić information content (AvgIpc) is 3.17. The summed E-state index contributed by atoms with van der Waals surface area (Å²) in [6.07, 6.45) is 3.62. The highest BCUT2D eigenvalue weighted by molar-refractivity contribution is 7.89. The van der Waals surface area contributed by atoms with Crippen LogP contribution in [0.3, 0.4) is 0 Å². The molecule has 1 saturated heterocycles. The number of benzene rings is 2. The van der Waals surface area contributed by atoms with Crippen molar-refractivity contribution in [2.75, 3.05) is 19.7 Å². The zero-order valence-corrected chi connectivity index (χ0v) is 20.5. The molecule has 0 spiro atoms. The number of piperidine rings is 1. The highest BCUT2D eigenvalue weighted by Crippen LogP contribution is 2.35. The van der Waals surface area contributed by atoms with Crippen molar-refractivity contribution >= 4 is 27.5 Å². The molecule has 4 rings (SSSR count). The number of halogens is 1. The van der Waals surface area contributed by atoms with Crippen LogP contribution in [0.4, 0.5) is 0 Å². The van der Waals surface area contributed by atoms with Gasteiger partial charge in [-0.2, -0.15) is 4.31 Å². The molecule has 1 amide bonds. The van der Waals surface area contributed by atoms with E-state index in [1.165, 1.54) is 22.5 Å². The molecule has 1 fully saturated rings. The largest absolute Gasteiger partial charge is 0.494 e. The molecule has 0 aromatic heterocycles. The first-order valence-corrected chi connectivity index (χ1v) is 13.1. The van der Waals surface area contributed by atoms with Crippen LogP contribution in [0.2, 0.25) is 5.02 Å². The summed E-state index contributed by atoms with van der Waals surface area (Å²) >= 11 is 6.27. The number of nitrogens with zero attached hydrogens (tertiary/aromatic N) is 1. The van der Waals surface area contributed by atoms with Crippen LogP contribution in [0.15, 0.2) is 35.2 Å². The van der Waals surface area contributed by atoms with Crippen molar-refractivity contribution in [3.05, 3.63) is 52.0 Å².